The standard InChI is InChI=1S/C15H27N3O4/c1-4-17(9-14(19)20)13-5-12(6-13)16-15(21)18-7-10(2)22-11(3)8-18/h10-13H,4-9H2,1-3H3,(H,16,21)(H,19,20). The van der Waals surface area contributed by atoms with Gasteiger partial charge >= 0.3 is 12.0 Å². The molecule has 0 aromatic carbocycles. The molecule has 1 saturated heterocycles. The molecule has 2 unspecified atom stereocenters. The number of urea groups is 1. The lowest BCUT2D eigenvalue weighted by molar-refractivity contribution is -0.139. The normalized spacial score (nSPS) is 31.7. The number of carboxylic acid groups (broad SMARTS) is 1. The Bertz CT molecular complexity index is 402. The van der Waals surface area contributed by atoms with Gasteiger partial charge in [0.1, 0.15) is 0 Å². The van der Waals surface area contributed by atoms with Crippen molar-refractivity contribution in [1.29, 1.82) is 0 Å². The Morgan fingerprint density at radius 2 is 1.86 bits per heavy atom. The third-order valence-electron chi connectivity index (χ3n) is 4.41. The van der Waals surface area contributed by atoms with Crippen LogP contribution >= 0.6 is 0 Å². The number of ether oxygens (including phenoxy) is 1. The summed E-state index contributed by atoms with van der Waals surface area (Å²) in [4.78, 5) is 26.8. The van der Waals surface area contributed by atoms with Gasteiger partial charge in [-0.1, -0.05) is 6.92 Å². The van der Waals surface area contributed by atoms with Gasteiger partial charge in [-0.3, -0.25) is 9.69 Å². The number of hydrogen-bond acceptors (Lipinski definition) is 4. The maximum absolute atomic E-state index is 12.3. The van der Waals surface area contributed by atoms with Crippen LogP contribution in [0.2, 0.25) is 0 Å². The Kier molecular flexibility index (Phi) is 5.63. The van der Waals surface area contributed by atoms with E-state index in [0.717, 1.165) is 19.4 Å². The van der Waals surface area contributed by atoms with Gasteiger partial charge in [-0.15, -0.1) is 0 Å². The Morgan fingerprint density at radius 1 is 1.27 bits per heavy atom. The SMILES string of the molecule is CCN(CC(=O)O)C1CC(NC(=O)N2CC(C)OC(C)C2)C1. The summed E-state index contributed by atoms with van der Waals surface area (Å²) in [6.45, 7) is 7.93. The first-order valence-electron chi connectivity index (χ1n) is 8.05. The van der Waals surface area contributed by atoms with Crippen LogP contribution < -0.4 is 5.32 Å². The number of carbonyl (C=O) groups excluding carboxylic acids is 1. The maximum atomic E-state index is 12.3. The smallest absolute Gasteiger partial charge is 0.317 e. The topological polar surface area (TPSA) is 82.1 Å². The fraction of sp³-hybridized carbons (Fsp3) is 0.867. The van der Waals surface area contributed by atoms with E-state index < -0.39 is 5.97 Å². The molecule has 7 heteroatoms. The van der Waals surface area contributed by atoms with Gasteiger partial charge < -0.3 is 20.1 Å². The van der Waals surface area contributed by atoms with Crippen molar-refractivity contribution >= 4 is 12.0 Å². The van der Waals surface area contributed by atoms with E-state index >= 15 is 0 Å². The van der Waals surface area contributed by atoms with E-state index in [1.54, 1.807) is 4.90 Å². The zero-order valence-electron chi connectivity index (χ0n) is 13.6. The number of hydrogen-bond donors (Lipinski definition) is 2. The first kappa shape index (κ1) is 17.0. The van der Waals surface area contributed by atoms with Crippen molar-refractivity contribution in [2.75, 3.05) is 26.2 Å². The molecule has 1 aliphatic heterocycles. The van der Waals surface area contributed by atoms with E-state index in [-0.39, 0.29) is 36.9 Å². The molecule has 2 N–H and O–H groups in total. The molecule has 2 atom stereocenters. The lowest BCUT2D eigenvalue weighted by atomic mass is 9.85. The molecular formula is C15H27N3O4. The highest BCUT2D eigenvalue weighted by Crippen LogP contribution is 2.26. The van der Waals surface area contributed by atoms with Crippen molar-refractivity contribution < 1.29 is 19.4 Å². The Labute approximate surface area is 131 Å². The van der Waals surface area contributed by atoms with Crippen molar-refractivity contribution in [1.82, 2.24) is 15.1 Å². The molecule has 0 radical (unpaired) electrons. The minimum absolute atomic E-state index is 0.0354. The Morgan fingerprint density at radius 3 is 2.36 bits per heavy atom. The molecule has 1 heterocycles. The second-order valence-electron chi connectivity index (χ2n) is 6.39. The summed E-state index contributed by atoms with van der Waals surface area (Å²) >= 11 is 0. The lowest BCUT2D eigenvalue weighted by Crippen LogP contribution is -2.59. The summed E-state index contributed by atoms with van der Waals surface area (Å²) in [5.74, 6) is -0.800. The number of likely N-dealkylation sites (N-methyl/N-ethyl adjacent to an activating group) is 1. The number of nitrogens with one attached hydrogen (secondary N) is 1. The second-order valence-corrected chi connectivity index (χ2v) is 6.39. The van der Waals surface area contributed by atoms with Crippen LogP contribution in [0.3, 0.4) is 0 Å². The van der Waals surface area contributed by atoms with Gasteiger partial charge in [-0.2, -0.15) is 0 Å². The van der Waals surface area contributed by atoms with Crippen molar-refractivity contribution in [3.8, 4) is 0 Å². The predicted octanol–water partition coefficient (Wildman–Crippen LogP) is 0.743. The van der Waals surface area contributed by atoms with Gasteiger partial charge in [0.15, 0.2) is 0 Å². The number of carbonyl (C=O) groups is 2. The molecule has 1 saturated carbocycles. The number of amides is 2. The van der Waals surface area contributed by atoms with Gasteiger partial charge in [0.25, 0.3) is 0 Å². The fourth-order valence-corrected chi connectivity index (χ4v) is 3.29. The highest BCUT2D eigenvalue weighted by molar-refractivity contribution is 5.75. The molecule has 0 spiro atoms. The highest BCUT2D eigenvalue weighted by atomic mass is 16.5. The first-order chi connectivity index (χ1) is 10.4. The average Bonchev–Trinajstić information content (AvgIpc) is 2.38. The van der Waals surface area contributed by atoms with Gasteiger partial charge in [0.05, 0.1) is 18.8 Å². The number of carboxylic acids is 1. The second kappa shape index (κ2) is 7.28. The van der Waals surface area contributed by atoms with E-state index in [4.69, 9.17) is 9.84 Å². The number of aliphatic carboxylic acids is 1. The number of morpholine rings is 1. The van der Waals surface area contributed by atoms with E-state index in [0.29, 0.717) is 13.1 Å². The molecule has 2 amide bonds. The number of rotatable bonds is 5. The zero-order valence-corrected chi connectivity index (χ0v) is 13.6. The summed E-state index contributed by atoms with van der Waals surface area (Å²) in [7, 11) is 0. The minimum atomic E-state index is -0.800. The summed E-state index contributed by atoms with van der Waals surface area (Å²) < 4.78 is 5.63. The summed E-state index contributed by atoms with van der Waals surface area (Å²) in [5.41, 5.74) is 0. The van der Waals surface area contributed by atoms with Crippen molar-refractivity contribution in [3.63, 3.8) is 0 Å². The molecular weight excluding hydrogens is 286 g/mol. The van der Waals surface area contributed by atoms with E-state index in [2.05, 4.69) is 5.32 Å². The van der Waals surface area contributed by atoms with Crippen LogP contribution in [0.5, 0.6) is 0 Å². The molecule has 2 rings (SSSR count). The fourth-order valence-electron chi connectivity index (χ4n) is 3.29. The third-order valence-corrected chi connectivity index (χ3v) is 4.41. The van der Waals surface area contributed by atoms with Crippen LogP contribution in [0, 0.1) is 0 Å². The van der Waals surface area contributed by atoms with Gasteiger partial charge in [0.2, 0.25) is 0 Å². The van der Waals surface area contributed by atoms with Crippen LogP contribution in [0.25, 0.3) is 0 Å². The summed E-state index contributed by atoms with van der Waals surface area (Å²) in [5, 5.41) is 11.9. The molecule has 7 nitrogen and oxygen atoms in total. The van der Waals surface area contributed by atoms with Crippen LogP contribution in [0.4, 0.5) is 4.79 Å². The average molecular weight is 313 g/mol. The Hall–Kier alpha value is -1.34. The zero-order chi connectivity index (χ0) is 16.3. The lowest BCUT2D eigenvalue weighted by Gasteiger charge is -2.43. The quantitative estimate of drug-likeness (QED) is 0.782. The number of nitrogens with zero attached hydrogens (tertiary/aromatic N) is 2. The Balaban J connectivity index is 1.75. The van der Waals surface area contributed by atoms with Crippen LogP contribution in [0.15, 0.2) is 0 Å². The third kappa shape index (κ3) is 4.33. The largest absolute Gasteiger partial charge is 0.480 e. The van der Waals surface area contributed by atoms with Gasteiger partial charge in [-0.25, -0.2) is 4.79 Å². The molecule has 0 aromatic heterocycles. The summed E-state index contributed by atoms with van der Waals surface area (Å²) in [6, 6.07) is 0.370. The van der Waals surface area contributed by atoms with E-state index in [1.807, 2.05) is 25.7 Å². The monoisotopic (exact) mass is 313 g/mol. The predicted molar refractivity (Wildman–Crippen MR) is 81.8 cm³/mol. The van der Waals surface area contributed by atoms with Gasteiger partial charge in [-0.05, 0) is 33.2 Å². The molecule has 0 aromatic rings. The molecule has 0 bridgehead atoms. The van der Waals surface area contributed by atoms with Crippen molar-refractivity contribution in [3.05, 3.63) is 0 Å². The van der Waals surface area contributed by atoms with Crippen molar-refractivity contribution in [2.24, 2.45) is 0 Å². The van der Waals surface area contributed by atoms with E-state index in [9.17, 15) is 9.59 Å². The molecule has 1 aliphatic carbocycles. The first-order valence-corrected chi connectivity index (χ1v) is 8.05. The van der Waals surface area contributed by atoms with Crippen LogP contribution in [-0.4, -0.2) is 77.4 Å². The molecule has 22 heavy (non-hydrogen) atoms. The van der Waals surface area contributed by atoms with Crippen molar-refractivity contribution in [2.45, 2.75) is 57.9 Å². The molecule has 2 aliphatic rings. The summed E-state index contributed by atoms with van der Waals surface area (Å²) in [6.07, 6.45) is 1.77. The molecule has 2 fully saturated rings. The minimum Gasteiger partial charge on any atom is -0.480 e. The van der Waals surface area contributed by atoms with Crippen LogP contribution in [0.1, 0.15) is 33.6 Å². The maximum Gasteiger partial charge on any atom is 0.317 e. The highest BCUT2D eigenvalue weighted by Gasteiger charge is 2.36. The molecule has 126 valence electrons. The van der Waals surface area contributed by atoms with Gasteiger partial charge in [0, 0.05) is 25.2 Å². The van der Waals surface area contributed by atoms with E-state index in [1.165, 1.54) is 0 Å². The van der Waals surface area contributed by atoms with Crippen LogP contribution in [-0.2, 0) is 9.53 Å².